The van der Waals surface area contributed by atoms with E-state index in [9.17, 15) is 9.90 Å². The van der Waals surface area contributed by atoms with Gasteiger partial charge in [-0.2, -0.15) is 5.10 Å². The topological polar surface area (TPSA) is 80.2 Å². The summed E-state index contributed by atoms with van der Waals surface area (Å²) in [7, 11) is 2.74. The molecule has 0 aliphatic heterocycles. The van der Waals surface area contributed by atoms with Gasteiger partial charge in [0.25, 0.3) is 0 Å². The first-order chi connectivity index (χ1) is 7.67. The SMILES string of the molecule is COC(=O)N/N=C/c1cc(OC)ccc1O. The summed E-state index contributed by atoms with van der Waals surface area (Å²) in [5, 5.41) is 13.0. The molecule has 0 aromatic heterocycles. The van der Waals surface area contributed by atoms with Crippen molar-refractivity contribution in [2.75, 3.05) is 14.2 Å². The van der Waals surface area contributed by atoms with Gasteiger partial charge in [-0.3, -0.25) is 0 Å². The Morgan fingerprint density at radius 2 is 2.25 bits per heavy atom. The van der Waals surface area contributed by atoms with E-state index < -0.39 is 6.09 Å². The lowest BCUT2D eigenvalue weighted by atomic mass is 10.2. The Balaban J connectivity index is 2.75. The third-order valence-electron chi connectivity index (χ3n) is 1.78. The number of hydrogen-bond donors (Lipinski definition) is 2. The number of carbonyl (C=O) groups is 1. The fourth-order valence-corrected chi connectivity index (χ4v) is 0.963. The molecule has 0 radical (unpaired) electrons. The summed E-state index contributed by atoms with van der Waals surface area (Å²) >= 11 is 0. The zero-order valence-electron chi connectivity index (χ0n) is 8.93. The van der Waals surface area contributed by atoms with E-state index in [-0.39, 0.29) is 5.75 Å². The van der Waals surface area contributed by atoms with Gasteiger partial charge in [0.1, 0.15) is 11.5 Å². The molecule has 0 aliphatic rings. The largest absolute Gasteiger partial charge is 0.507 e. The van der Waals surface area contributed by atoms with Crippen molar-refractivity contribution in [3.05, 3.63) is 23.8 Å². The molecule has 6 nitrogen and oxygen atoms in total. The molecule has 86 valence electrons. The minimum atomic E-state index is -0.682. The second-order valence-electron chi connectivity index (χ2n) is 2.79. The number of methoxy groups -OCH3 is 2. The Labute approximate surface area is 92.5 Å². The lowest BCUT2D eigenvalue weighted by molar-refractivity contribution is 0.171. The number of hydrazone groups is 1. The number of aromatic hydroxyl groups is 1. The van der Waals surface area contributed by atoms with Crippen molar-refractivity contribution in [3.63, 3.8) is 0 Å². The van der Waals surface area contributed by atoms with E-state index in [0.29, 0.717) is 11.3 Å². The molecular formula is C10H12N2O4. The van der Waals surface area contributed by atoms with Crippen LogP contribution in [0.1, 0.15) is 5.56 Å². The number of rotatable bonds is 3. The van der Waals surface area contributed by atoms with Gasteiger partial charge >= 0.3 is 6.09 Å². The molecule has 0 bridgehead atoms. The van der Waals surface area contributed by atoms with Crippen molar-refractivity contribution >= 4 is 12.3 Å². The first-order valence-corrected chi connectivity index (χ1v) is 4.41. The van der Waals surface area contributed by atoms with Crippen LogP contribution in [0.4, 0.5) is 4.79 Å². The minimum Gasteiger partial charge on any atom is -0.507 e. The summed E-state index contributed by atoms with van der Waals surface area (Å²) < 4.78 is 9.29. The molecule has 0 fully saturated rings. The summed E-state index contributed by atoms with van der Waals surface area (Å²) in [4.78, 5) is 10.7. The molecule has 1 amide bonds. The van der Waals surface area contributed by atoms with Gasteiger partial charge in [0.2, 0.25) is 0 Å². The number of nitrogens with one attached hydrogen (secondary N) is 1. The molecule has 1 aromatic rings. The summed E-state index contributed by atoms with van der Waals surface area (Å²) in [5.74, 6) is 0.619. The number of phenols is 1. The van der Waals surface area contributed by atoms with Gasteiger partial charge < -0.3 is 14.6 Å². The second-order valence-corrected chi connectivity index (χ2v) is 2.79. The highest BCUT2D eigenvalue weighted by molar-refractivity contribution is 5.84. The Bertz CT molecular complexity index is 404. The van der Waals surface area contributed by atoms with Gasteiger partial charge in [-0.15, -0.1) is 0 Å². The third-order valence-corrected chi connectivity index (χ3v) is 1.78. The Kier molecular flexibility index (Phi) is 4.14. The molecule has 1 rings (SSSR count). The fraction of sp³-hybridized carbons (Fsp3) is 0.200. The molecular weight excluding hydrogens is 212 g/mol. The first-order valence-electron chi connectivity index (χ1n) is 4.41. The molecule has 0 saturated heterocycles. The van der Waals surface area contributed by atoms with Crippen molar-refractivity contribution in [1.29, 1.82) is 0 Å². The molecule has 1 aromatic carbocycles. The molecule has 2 N–H and O–H groups in total. The van der Waals surface area contributed by atoms with Gasteiger partial charge in [-0.1, -0.05) is 0 Å². The van der Waals surface area contributed by atoms with E-state index in [4.69, 9.17) is 4.74 Å². The Morgan fingerprint density at radius 1 is 1.50 bits per heavy atom. The van der Waals surface area contributed by atoms with E-state index in [1.807, 2.05) is 0 Å². The lowest BCUT2D eigenvalue weighted by Crippen LogP contribution is -2.16. The summed E-state index contributed by atoms with van der Waals surface area (Å²) in [6.07, 6.45) is 0.605. The van der Waals surface area contributed by atoms with Crippen LogP contribution in [-0.4, -0.2) is 31.6 Å². The van der Waals surface area contributed by atoms with E-state index in [1.165, 1.54) is 26.5 Å². The quantitative estimate of drug-likeness (QED) is 0.595. The van der Waals surface area contributed by atoms with Crippen LogP contribution in [0, 0.1) is 0 Å². The van der Waals surface area contributed by atoms with Gasteiger partial charge in [-0.25, -0.2) is 10.2 Å². The molecule has 0 heterocycles. The predicted molar refractivity (Wildman–Crippen MR) is 57.8 cm³/mol. The smallest absolute Gasteiger partial charge is 0.427 e. The van der Waals surface area contributed by atoms with Crippen LogP contribution in [-0.2, 0) is 4.74 Å². The van der Waals surface area contributed by atoms with Crippen LogP contribution in [0.25, 0.3) is 0 Å². The number of nitrogens with zero attached hydrogens (tertiary/aromatic N) is 1. The maximum absolute atomic E-state index is 10.7. The van der Waals surface area contributed by atoms with Crippen LogP contribution < -0.4 is 10.2 Å². The molecule has 0 unspecified atom stereocenters. The predicted octanol–water partition coefficient (Wildman–Crippen LogP) is 1.09. The highest BCUT2D eigenvalue weighted by Gasteiger charge is 2.00. The summed E-state index contributed by atoms with van der Waals surface area (Å²) in [5.41, 5.74) is 2.53. The van der Waals surface area contributed by atoms with Crippen LogP contribution in [0.15, 0.2) is 23.3 Å². The first kappa shape index (κ1) is 11.8. The number of ether oxygens (including phenoxy) is 2. The van der Waals surface area contributed by atoms with Gasteiger partial charge in [0.05, 0.1) is 20.4 Å². The van der Waals surface area contributed by atoms with E-state index in [0.717, 1.165) is 0 Å². The highest BCUT2D eigenvalue weighted by atomic mass is 16.5. The number of benzene rings is 1. The number of carbonyl (C=O) groups excluding carboxylic acids is 1. The van der Waals surface area contributed by atoms with Gasteiger partial charge in [0.15, 0.2) is 0 Å². The summed E-state index contributed by atoms with van der Waals surface area (Å²) in [6, 6.07) is 4.66. The van der Waals surface area contributed by atoms with Crippen molar-refractivity contribution in [3.8, 4) is 11.5 Å². The van der Waals surface area contributed by atoms with Crippen molar-refractivity contribution in [2.45, 2.75) is 0 Å². The highest BCUT2D eigenvalue weighted by Crippen LogP contribution is 2.20. The molecule has 6 heteroatoms. The van der Waals surface area contributed by atoms with E-state index in [1.54, 1.807) is 12.1 Å². The van der Waals surface area contributed by atoms with Crippen LogP contribution >= 0.6 is 0 Å². The third kappa shape index (κ3) is 3.16. The Morgan fingerprint density at radius 3 is 2.88 bits per heavy atom. The zero-order valence-corrected chi connectivity index (χ0v) is 8.93. The molecule has 16 heavy (non-hydrogen) atoms. The van der Waals surface area contributed by atoms with Crippen LogP contribution in [0.5, 0.6) is 11.5 Å². The lowest BCUT2D eigenvalue weighted by Gasteiger charge is -2.02. The second kappa shape index (κ2) is 5.59. The number of hydrogen-bond acceptors (Lipinski definition) is 5. The molecule has 0 atom stereocenters. The minimum absolute atomic E-state index is 0.0382. The molecule has 0 spiro atoms. The number of amides is 1. The van der Waals surface area contributed by atoms with Crippen LogP contribution in [0.2, 0.25) is 0 Å². The van der Waals surface area contributed by atoms with Crippen molar-refractivity contribution < 1.29 is 19.4 Å². The van der Waals surface area contributed by atoms with Crippen LogP contribution in [0.3, 0.4) is 0 Å². The molecule has 0 aliphatic carbocycles. The average molecular weight is 224 g/mol. The van der Waals surface area contributed by atoms with Gasteiger partial charge in [-0.05, 0) is 18.2 Å². The Hall–Kier alpha value is -2.24. The van der Waals surface area contributed by atoms with Gasteiger partial charge in [0, 0.05) is 5.56 Å². The number of phenolic OH excluding ortho intramolecular Hbond substituents is 1. The van der Waals surface area contributed by atoms with E-state index >= 15 is 0 Å². The molecule has 0 saturated carbocycles. The zero-order chi connectivity index (χ0) is 12.0. The standard InChI is InChI=1S/C10H12N2O4/c1-15-8-3-4-9(13)7(5-8)6-11-12-10(14)16-2/h3-6,13H,1-2H3,(H,12,14)/b11-6+. The normalized spacial score (nSPS) is 10.1. The fourth-order valence-electron chi connectivity index (χ4n) is 0.963. The van der Waals surface area contributed by atoms with Crippen molar-refractivity contribution in [2.24, 2.45) is 5.10 Å². The average Bonchev–Trinajstić information content (AvgIpc) is 2.31. The maximum Gasteiger partial charge on any atom is 0.427 e. The van der Waals surface area contributed by atoms with E-state index in [2.05, 4.69) is 15.3 Å². The monoisotopic (exact) mass is 224 g/mol. The maximum atomic E-state index is 10.7. The van der Waals surface area contributed by atoms with Crippen molar-refractivity contribution in [1.82, 2.24) is 5.43 Å². The summed E-state index contributed by atoms with van der Waals surface area (Å²) in [6.45, 7) is 0.